The van der Waals surface area contributed by atoms with Crippen molar-refractivity contribution in [3.63, 3.8) is 0 Å². The predicted molar refractivity (Wildman–Crippen MR) is 96.7 cm³/mol. The van der Waals surface area contributed by atoms with Gasteiger partial charge >= 0.3 is 0 Å². The molecule has 1 aliphatic carbocycles. The van der Waals surface area contributed by atoms with E-state index in [0.717, 1.165) is 18.4 Å². The second-order valence-electron chi connectivity index (χ2n) is 6.70. The molecule has 0 spiro atoms. The summed E-state index contributed by atoms with van der Waals surface area (Å²) in [4.78, 5) is 27.2. The van der Waals surface area contributed by atoms with E-state index in [1.54, 1.807) is 12.1 Å². The summed E-state index contributed by atoms with van der Waals surface area (Å²) in [7, 11) is 0. The van der Waals surface area contributed by atoms with Gasteiger partial charge in [-0.25, -0.2) is 4.39 Å². The Balaban J connectivity index is 1.55. The fraction of sp³-hybridized carbons (Fsp3) is 0.400. The Labute approximate surface area is 151 Å². The molecule has 2 aromatic rings. The normalized spacial score (nSPS) is 14.8. The standard InChI is InChI=1S/C20H23FN2O3/c21-16-8-6-15(7-9-16)13-26-19-12-22-17(10-18(19)24)20(25)23-11-14-4-2-1-3-5-14/h6-10,12,14H,1-5,11,13H2,(H,22,24)(H,23,25). The molecule has 1 amide bonds. The van der Waals surface area contributed by atoms with Gasteiger partial charge in [0.05, 0.1) is 0 Å². The minimum absolute atomic E-state index is 0.123. The van der Waals surface area contributed by atoms with Gasteiger partial charge in [-0.3, -0.25) is 9.59 Å². The van der Waals surface area contributed by atoms with E-state index in [1.165, 1.54) is 43.7 Å². The lowest BCUT2D eigenvalue weighted by molar-refractivity contribution is 0.0938. The fourth-order valence-electron chi connectivity index (χ4n) is 3.17. The van der Waals surface area contributed by atoms with Crippen LogP contribution in [0.5, 0.6) is 5.75 Å². The number of benzene rings is 1. The second kappa shape index (κ2) is 8.65. The lowest BCUT2D eigenvalue weighted by Crippen LogP contribution is -2.31. The molecule has 0 atom stereocenters. The van der Waals surface area contributed by atoms with Crippen LogP contribution in [0.3, 0.4) is 0 Å². The van der Waals surface area contributed by atoms with E-state index in [1.807, 2.05) is 0 Å². The van der Waals surface area contributed by atoms with Gasteiger partial charge in [-0.2, -0.15) is 0 Å². The Kier molecular flexibility index (Phi) is 6.04. The molecule has 0 unspecified atom stereocenters. The highest BCUT2D eigenvalue weighted by Gasteiger charge is 2.15. The number of hydrogen-bond acceptors (Lipinski definition) is 3. The molecule has 0 aliphatic heterocycles. The number of pyridine rings is 1. The predicted octanol–water partition coefficient (Wildman–Crippen LogP) is 3.40. The first-order valence-electron chi connectivity index (χ1n) is 9.00. The number of aromatic amines is 1. The van der Waals surface area contributed by atoms with E-state index < -0.39 is 0 Å². The quantitative estimate of drug-likeness (QED) is 0.831. The molecule has 5 nitrogen and oxygen atoms in total. The molecular weight excluding hydrogens is 335 g/mol. The maximum Gasteiger partial charge on any atom is 0.267 e. The van der Waals surface area contributed by atoms with Gasteiger partial charge in [-0.15, -0.1) is 0 Å². The number of aromatic nitrogens is 1. The molecule has 1 aromatic heterocycles. The van der Waals surface area contributed by atoms with Crippen LogP contribution in [0, 0.1) is 11.7 Å². The molecular formula is C20H23FN2O3. The van der Waals surface area contributed by atoms with Gasteiger partial charge in [0.25, 0.3) is 5.91 Å². The third-order valence-electron chi connectivity index (χ3n) is 4.71. The fourth-order valence-corrected chi connectivity index (χ4v) is 3.17. The number of carbonyl (C=O) groups is 1. The van der Waals surface area contributed by atoms with Gasteiger partial charge < -0.3 is 15.0 Å². The third-order valence-corrected chi connectivity index (χ3v) is 4.71. The Bertz CT molecular complexity index is 795. The SMILES string of the molecule is O=C(NCC1CCCCC1)c1cc(=O)c(OCc2ccc(F)cc2)c[nH]1. The molecule has 6 heteroatoms. The largest absolute Gasteiger partial charge is 0.483 e. The molecule has 1 fully saturated rings. The summed E-state index contributed by atoms with van der Waals surface area (Å²) in [6.45, 7) is 0.792. The van der Waals surface area contributed by atoms with Crippen molar-refractivity contribution in [2.75, 3.05) is 6.54 Å². The van der Waals surface area contributed by atoms with Crippen molar-refractivity contribution in [3.05, 3.63) is 63.8 Å². The van der Waals surface area contributed by atoms with Gasteiger partial charge in [0.2, 0.25) is 5.43 Å². The maximum absolute atomic E-state index is 12.9. The molecule has 3 rings (SSSR count). The lowest BCUT2D eigenvalue weighted by atomic mass is 9.89. The Hall–Kier alpha value is -2.63. The zero-order valence-corrected chi connectivity index (χ0v) is 14.6. The highest BCUT2D eigenvalue weighted by Crippen LogP contribution is 2.22. The van der Waals surface area contributed by atoms with Crippen LogP contribution in [0.25, 0.3) is 0 Å². The Morgan fingerprint density at radius 2 is 1.92 bits per heavy atom. The van der Waals surface area contributed by atoms with E-state index in [0.29, 0.717) is 12.5 Å². The maximum atomic E-state index is 12.9. The topological polar surface area (TPSA) is 71.2 Å². The number of amides is 1. The molecule has 1 aliphatic rings. The number of halogens is 1. The number of carbonyl (C=O) groups excluding carboxylic acids is 1. The summed E-state index contributed by atoms with van der Waals surface area (Å²) in [5.74, 6) is 0.0452. The van der Waals surface area contributed by atoms with Crippen molar-refractivity contribution in [1.82, 2.24) is 10.3 Å². The van der Waals surface area contributed by atoms with Crippen LogP contribution >= 0.6 is 0 Å². The van der Waals surface area contributed by atoms with Crippen LogP contribution in [0.15, 0.2) is 41.3 Å². The monoisotopic (exact) mass is 358 g/mol. The molecule has 0 radical (unpaired) electrons. The van der Waals surface area contributed by atoms with Crippen molar-refractivity contribution < 1.29 is 13.9 Å². The molecule has 138 valence electrons. The highest BCUT2D eigenvalue weighted by molar-refractivity contribution is 5.92. The number of nitrogens with one attached hydrogen (secondary N) is 2. The molecule has 2 N–H and O–H groups in total. The summed E-state index contributed by atoms with van der Waals surface area (Å²) in [6, 6.07) is 7.11. The third kappa shape index (κ3) is 4.94. The van der Waals surface area contributed by atoms with Crippen molar-refractivity contribution in [2.45, 2.75) is 38.7 Å². The smallest absolute Gasteiger partial charge is 0.267 e. The molecule has 0 saturated heterocycles. The Morgan fingerprint density at radius 1 is 1.19 bits per heavy atom. The molecule has 1 saturated carbocycles. The van der Waals surface area contributed by atoms with Crippen molar-refractivity contribution in [1.29, 1.82) is 0 Å². The van der Waals surface area contributed by atoms with Gasteiger partial charge in [0.1, 0.15) is 18.1 Å². The lowest BCUT2D eigenvalue weighted by Gasteiger charge is -2.21. The first-order chi connectivity index (χ1) is 12.6. The highest BCUT2D eigenvalue weighted by atomic mass is 19.1. The zero-order chi connectivity index (χ0) is 18.4. The van der Waals surface area contributed by atoms with Crippen LogP contribution in [0.1, 0.15) is 48.2 Å². The van der Waals surface area contributed by atoms with Crippen LogP contribution in [0.2, 0.25) is 0 Å². The molecule has 1 heterocycles. The van der Waals surface area contributed by atoms with E-state index in [9.17, 15) is 14.0 Å². The molecule has 26 heavy (non-hydrogen) atoms. The van der Waals surface area contributed by atoms with Gasteiger partial charge in [-0.05, 0) is 36.5 Å². The average molecular weight is 358 g/mol. The molecule has 1 aromatic carbocycles. The van der Waals surface area contributed by atoms with Crippen molar-refractivity contribution >= 4 is 5.91 Å². The minimum atomic E-state index is -0.367. The number of ether oxygens (including phenoxy) is 1. The first kappa shape index (κ1) is 18.2. The number of H-pyrrole nitrogens is 1. The zero-order valence-electron chi connectivity index (χ0n) is 14.6. The van der Waals surface area contributed by atoms with Gasteiger partial charge in [-0.1, -0.05) is 31.4 Å². The van der Waals surface area contributed by atoms with Gasteiger partial charge in [0, 0.05) is 18.8 Å². The summed E-state index contributed by atoms with van der Waals surface area (Å²) in [6.07, 6.45) is 7.40. The first-order valence-corrected chi connectivity index (χ1v) is 9.00. The summed E-state index contributed by atoms with van der Waals surface area (Å²) < 4.78 is 18.3. The van der Waals surface area contributed by atoms with E-state index in [2.05, 4.69) is 10.3 Å². The van der Waals surface area contributed by atoms with Crippen molar-refractivity contribution in [2.24, 2.45) is 5.92 Å². The molecule has 0 bridgehead atoms. The second-order valence-corrected chi connectivity index (χ2v) is 6.70. The van der Waals surface area contributed by atoms with Gasteiger partial charge in [0.15, 0.2) is 5.75 Å². The van der Waals surface area contributed by atoms with E-state index in [-0.39, 0.29) is 35.2 Å². The average Bonchev–Trinajstić information content (AvgIpc) is 2.67. The van der Waals surface area contributed by atoms with E-state index in [4.69, 9.17) is 4.74 Å². The van der Waals surface area contributed by atoms with Crippen LogP contribution in [0.4, 0.5) is 4.39 Å². The van der Waals surface area contributed by atoms with Crippen LogP contribution < -0.4 is 15.5 Å². The van der Waals surface area contributed by atoms with Crippen molar-refractivity contribution in [3.8, 4) is 5.75 Å². The van der Waals surface area contributed by atoms with E-state index >= 15 is 0 Å². The number of rotatable bonds is 6. The van der Waals surface area contributed by atoms with Crippen LogP contribution in [-0.2, 0) is 6.61 Å². The summed E-state index contributed by atoms with van der Waals surface area (Å²) in [5.41, 5.74) is 0.605. The summed E-state index contributed by atoms with van der Waals surface area (Å²) in [5, 5.41) is 2.89. The summed E-state index contributed by atoms with van der Waals surface area (Å²) >= 11 is 0. The Morgan fingerprint density at radius 3 is 2.62 bits per heavy atom. The van der Waals surface area contributed by atoms with Crippen LogP contribution in [-0.4, -0.2) is 17.4 Å². The number of hydrogen-bond donors (Lipinski definition) is 2. The minimum Gasteiger partial charge on any atom is -0.483 e.